The molecular formula is C14H18N4O. The highest BCUT2D eigenvalue weighted by Gasteiger charge is 2.30. The van der Waals surface area contributed by atoms with Crippen molar-refractivity contribution in [3.8, 4) is 0 Å². The van der Waals surface area contributed by atoms with Gasteiger partial charge < -0.3 is 14.6 Å². The fourth-order valence-corrected chi connectivity index (χ4v) is 2.14. The molecule has 5 nitrogen and oxygen atoms in total. The van der Waals surface area contributed by atoms with Crippen molar-refractivity contribution in [2.75, 3.05) is 11.9 Å². The van der Waals surface area contributed by atoms with Crippen molar-refractivity contribution in [3.63, 3.8) is 0 Å². The molecule has 2 heterocycles. The Labute approximate surface area is 112 Å². The van der Waals surface area contributed by atoms with Gasteiger partial charge in [0.2, 0.25) is 0 Å². The Morgan fingerprint density at radius 1 is 1.32 bits per heavy atom. The van der Waals surface area contributed by atoms with Crippen molar-refractivity contribution >= 4 is 5.82 Å². The van der Waals surface area contributed by atoms with Gasteiger partial charge in [0.1, 0.15) is 5.76 Å². The smallest absolute Gasteiger partial charge is 0.151 e. The Bertz CT molecular complexity index is 505. The van der Waals surface area contributed by atoms with Crippen LogP contribution in [0.15, 0.2) is 34.9 Å². The van der Waals surface area contributed by atoms with Gasteiger partial charge in [0.05, 0.1) is 18.5 Å². The second-order valence-corrected chi connectivity index (χ2v) is 4.85. The second-order valence-electron chi connectivity index (χ2n) is 4.85. The van der Waals surface area contributed by atoms with Crippen LogP contribution in [0.25, 0.3) is 0 Å². The van der Waals surface area contributed by atoms with Gasteiger partial charge in [-0.3, -0.25) is 0 Å². The number of nitrogens with zero attached hydrogens (tertiary/aromatic N) is 3. The van der Waals surface area contributed by atoms with Crippen molar-refractivity contribution in [2.24, 2.45) is 0 Å². The molecule has 100 valence electrons. The van der Waals surface area contributed by atoms with Crippen LogP contribution in [0.5, 0.6) is 0 Å². The zero-order chi connectivity index (χ0) is 13.1. The molecule has 0 bridgehead atoms. The van der Waals surface area contributed by atoms with E-state index < -0.39 is 0 Å². The minimum absolute atomic E-state index is 0.578. The SMILES string of the molecule is CNCc1ccc(N(Cc2ccco2)C2CC2)nn1. The molecule has 0 atom stereocenters. The Morgan fingerprint density at radius 3 is 2.79 bits per heavy atom. The van der Waals surface area contributed by atoms with E-state index in [-0.39, 0.29) is 0 Å². The number of hydrogen-bond donors (Lipinski definition) is 1. The summed E-state index contributed by atoms with van der Waals surface area (Å²) in [6.45, 7) is 1.51. The number of aromatic nitrogens is 2. The predicted octanol–water partition coefficient (Wildman–Crippen LogP) is 1.96. The Kier molecular flexibility index (Phi) is 3.46. The zero-order valence-electron chi connectivity index (χ0n) is 11.0. The van der Waals surface area contributed by atoms with Gasteiger partial charge in [-0.2, -0.15) is 5.10 Å². The van der Waals surface area contributed by atoms with Gasteiger partial charge >= 0.3 is 0 Å². The van der Waals surface area contributed by atoms with Crippen LogP contribution in [-0.2, 0) is 13.1 Å². The number of anilines is 1. The predicted molar refractivity (Wildman–Crippen MR) is 72.7 cm³/mol. The molecule has 0 aliphatic heterocycles. The Balaban J connectivity index is 1.76. The van der Waals surface area contributed by atoms with Gasteiger partial charge in [0, 0.05) is 12.6 Å². The summed E-state index contributed by atoms with van der Waals surface area (Å²) >= 11 is 0. The average Bonchev–Trinajstić information content (AvgIpc) is 3.15. The molecule has 1 aliphatic carbocycles. The first-order valence-electron chi connectivity index (χ1n) is 6.63. The summed E-state index contributed by atoms with van der Waals surface area (Å²) in [5.74, 6) is 1.90. The van der Waals surface area contributed by atoms with Gasteiger partial charge in [-0.15, -0.1) is 5.10 Å². The maximum atomic E-state index is 5.43. The molecule has 0 spiro atoms. The number of rotatable bonds is 6. The summed E-state index contributed by atoms with van der Waals surface area (Å²) in [5, 5.41) is 11.7. The average molecular weight is 258 g/mol. The Hall–Kier alpha value is -1.88. The highest BCUT2D eigenvalue weighted by Crippen LogP contribution is 2.31. The van der Waals surface area contributed by atoms with Crippen LogP contribution in [0, 0.1) is 0 Å². The Morgan fingerprint density at radius 2 is 2.21 bits per heavy atom. The van der Waals surface area contributed by atoms with Gasteiger partial charge in [-0.1, -0.05) is 0 Å². The maximum absolute atomic E-state index is 5.43. The molecule has 5 heteroatoms. The van der Waals surface area contributed by atoms with Crippen LogP contribution in [0.1, 0.15) is 24.3 Å². The van der Waals surface area contributed by atoms with E-state index in [0.717, 1.165) is 30.4 Å². The van der Waals surface area contributed by atoms with E-state index in [1.807, 2.05) is 31.3 Å². The van der Waals surface area contributed by atoms with E-state index in [0.29, 0.717) is 6.04 Å². The monoisotopic (exact) mass is 258 g/mol. The van der Waals surface area contributed by atoms with Crippen LogP contribution in [-0.4, -0.2) is 23.3 Å². The molecule has 1 aliphatic rings. The first-order chi connectivity index (χ1) is 9.36. The van der Waals surface area contributed by atoms with E-state index in [4.69, 9.17) is 4.42 Å². The third kappa shape index (κ3) is 2.93. The second kappa shape index (κ2) is 5.40. The summed E-state index contributed by atoms with van der Waals surface area (Å²) in [6, 6.07) is 8.56. The topological polar surface area (TPSA) is 54.2 Å². The first kappa shape index (κ1) is 12.2. The highest BCUT2D eigenvalue weighted by molar-refractivity contribution is 5.41. The summed E-state index contributed by atoms with van der Waals surface area (Å²) < 4.78 is 5.43. The van der Waals surface area contributed by atoms with Crippen LogP contribution < -0.4 is 10.2 Å². The summed E-state index contributed by atoms with van der Waals surface area (Å²) in [4.78, 5) is 2.27. The minimum Gasteiger partial charge on any atom is -0.467 e. The van der Waals surface area contributed by atoms with E-state index >= 15 is 0 Å². The van der Waals surface area contributed by atoms with Gasteiger partial charge in [0.15, 0.2) is 5.82 Å². The van der Waals surface area contributed by atoms with Crippen LogP contribution in [0.4, 0.5) is 5.82 Å². The molecule has 2 aromatic heterocycles. The molecule has 1 N–H and O–H groups in total. The third-order valence-electron chi connectivity index (χ3n) is 3.25. The van der Waals surface area contributed by atoms with Crippen molar-refractivity contribution in [1.82, 2.24) is 15.5 Å². The summed E-state index contributed by atoms with van der Waals surface area (Å²) in [7, 11) is 1.91. The lowest BCUT2D eigenvalue weighted by atomic mass is 10.3. The number of furan rings is 1. The quantitative estimate of drug-likeness (QED) is 0.858. The molecule has 1 saturated carbocycles. The molecule has 19 heavy (non-hydrogen) atoms. The number of nitrogens with one attached hydrogen (secondary N) is 1. The van der Waals surface area contributed by atoms with Crippen LogP contribution >= 0.6 is 0 Å². The summed E-state index contributed by atoms with van der Waals surface area (Å²) in [5.41, 5.74) is 0.958. The minimum atomic E-state index is 0.578. The third-order valence-corrected chi connectivity index (χ3v) is 3.25. The summed E-state index contributed by atoms with van der Waals surface area (Å²) in [6.07, 6.45) is 4.16. The van der Waals surface area contributed by atoms with Crippen molar-refractivity contribution in [1.29, 1.82) is 0 Å². The van der Waals surface area contributed by atoms with Crippen molar-refractivity contribution < 1.29 is 4.42 Å². The van der Waals surface area contributed by atoms with E-state index in [1.54, 1.807) is 6.26 Å². The molecule has 0 unspecified atom stereocenters. The first-order valence-corrected chi connectivity index (χ1v) is 6.63. The molecule has 2 aromatic rings. The fraction of sp³-hybridized carbons (Fsp3) is 0.429. The fourth-order valence-electron chi connectivity index (χ4n) is 2.14. The standard InChI is InChI=1S/C14H18N4O/c1-15-9-11-4-7-14(17-16-11)18(12-5-6-12)10-13-3-2-8-19-13/h2-4,7-8,12,15H,5-6,9-10H2,1H3. The molecular weight excluding hydrogens is 240 g/mol. The molecule has 1 fully saturated rings. The van der Waals surface area contributed by atoms with Gasteiger partial charge in [0.25, 0.3) is 0 Å². The van der Waals surface area contributed by atoms with E-state index in [9.17, 15) is 0 Å². The lowest BCUT2D eigenvalue weighted by Gasteiger charge is -2.21. The van der Waals surface area contributed by atoms with E-state index in [1.165, 1.54) is 12.8 Å². The largest absolute Gasteiger partial charge is 0.467 e. The molecule has 3 rings (SSSR count). The van der Waals surface area contributed by atoms with Crippen LogP contribution in [0.3, 0.4) is 0 Å². The van der Waals surface area contributed by atoms with Crippen molar-refractivity contribution in [3.05, 3.63) is 42.0 Å². The lowest BCUT2D eigenvalue weighted by molar-refractivity contribution is 0.499. The van der Waals surface area contributed by atoms with Crippen molar-refractivity contribution in [2.45, 2.75) is 32.0 Å². The molecule has 0 radical (unpaired) electrons. The van der Waals surface area contributed by atoms with Gasteiger partial charge in [-0.05, 0) is 44.2 Å². The van der Waals surface area contributed by atoms with Gasteiger partial charge in [-0.25, -0.2) is 0 Å². The zero-order valence-corrected chi connectivity index (χ0v) is 11.0. The van der Waals surface area contributed by atoms with Crippen LogP contribution in [0.2, 0.25) is 0 Å². The molecule has 0 amide bonds. The molecule has 0 saturated heterocycles. The van der Waals surface area contributed by atoms with E-state index in [2.05, 4.69) is 20.4 Å². The normalized spacial score (nSPS) is 14.6. The number of hydrogen-bond acceptors (Lipinski definition) is 5. The lowest BCUT2D eigenvalue weighted by Crippen LogP contribution is -2.26. The highest BCUT2D eigenvalue weighted by atomic mass is 16.3. The molecule has 0 aromatic carbocycles. The maximum Gasteiger partial charge on any atom is 0.151 e.